The monoisotopic (exact) mass is 1370 g/mol. The number of phenolic OH excluding ortho intramolecular Hbond substituents is 2. The maximum absolute atomic E-state index is 13.9. The number of benzene rings is 10. The molecule has 4 amide bonds. The molecule has 3 aliphatic rings. The zero-order valence-electron chi connectivity index (χ0n) is 47.6. The number of anilines is 2. The van der Waals surface area contributed by atoms with Gasteiger partial charge in [-0.3, -0.25) is 19.2 Å². The molecule has 0 aromatic heterocycles. The highest BCUT2D eigenvalue weighted by atomic mass is 33.3. The normalized spacial score (nSPS) is 13.8. The summed E-state index contributed by atoms with van der Waals surface area (Å²) in [6.45, 7) is 8.70. The average molecular weight is 1370 g/mol. The molecule has 2 N–H and O–H groups in total. The molecular formula is C65H62N2O8P12. The summed E-state index contributed by atoms with van der Waals surface area (Å²) in [7, 11) is 21.0. The summed E-state index contributed by atoms with van der Waals surface area (Å²) >= 11 is 0. The van der Waals surface area contributed by atoms with Crippen molar-refractivity contribution in [2.75, 3.05) is 9.80 Å². The predicted octanol–water partition coefficient (Wildman–Crippen LogP) is 21.6. The van der Waals surface area contributed by atoms with Crippen LogP contribution in [0, 0.1) is 0 Å². The van der Waals surface area contributed by atoms with Crippen molar-refractivity contribution in [3.05, 3.63) is 251 Å². The van der Waals surface area contributed by atoms with E-state index in [4.69, 9.17) is 9.47 Å². The highest BCUT2D eigenvalue weighted by Crippen LogP contribution is 3.16. The summed E-state index contributed by atoms with van der Waals surface area (Å²) in [5.74, 6) is 0.235. The minimum absolute atomic E-state index is 0.0883. The Morgan fingerprint density at radius 3 is 1.10 bits per heavy atom. The first-order valence-corrected chi connectivity index (χ1v) is 48.4. The summed E-state index contributed by atoms with van der Waals surface area (Å²) in [6, 6.07) is 62.6. The van der Waals surface area contributed by atoms with Gasteiger partial charge in [0.15, 0.2) is 0 Å². The van der Waals surface area contributed by atoms with Crippen molar-refractivity contribution >= 4 is 154 Å². The van der Waals surface area contributed by atoms with Crippen molar-refractivity contribution < 1.29 is 38.9 Å². The van der Waals surface area contributed by atoms with Gasteiger partial charge in [0, 0.05) is 10.8 Å². The maximum atomic E-state index is 13.9. The third-order valence-corrected chi connectivity index (χ3v) is 81.4. The van der Waals surface area contributed by atoms with Gasteiger partial charge in [-0.1, -0.05) is 125 Å². The van der Waals surface area contributed by atoms with Crippen LogP contribution in [0.4, 0.5) is 11.4 Å². The number of nitrogens with zero attached hydrogens (tertiary/aromatic N) is 2. The second-order valence-electron chi connectivity index (χ2n) is 19.5. The fourth-order valence-corrected chi connectivity index (χ4v) is 114. The Kier molecular flexibility index (Phi) is 21.2. The van der Waals surface area contributed by atoms with Gasteiger partial charge in [0.05, 0.1) is 39.0 Å². The van der Waals surface area contributed by atoms with E-state index >= 15 is 0 Å². The Labute approximate surface area is 528 Å². The van der Waals surface area contributed by atoms with Crippen molar-refractivity contribution in [1.29, 1.82) is 0 Å². The third kappa shape index (κ3) is 12.6. The number of carbonyl (C=O) groups excluding carboxylic acids is 4. The number of amides is 4. The van der Waals surface area contributed by atoms with Gasteiger partial charge in [0.25, 0.3) is 23.6 Å². The van der Waals surface area contributed by atoms with Gasteiger partial charge in [-0.05, 0) is 188 Å². The summed E-state index contributed by atoms with van der Waals surface area (Å²) in [4.78, 5) is 57.6. The van der Waals surface area contributed by atoms with Crippen molar-refractivity contribution in [3.63, 3.8) is 0 Å². The zero-order valence-corrected chi connectivity index (χ0v) is 60.2. The van der Waals surface area contributed by atoms with E-state index in [2.05, 4.69) is 111 Å². The average Bonchev–Trinajstić information content (AvgIpc) is 1.99. The molecule has 2 aliphatic heterocycles. The summed E-state index contributed by atoms with van der Waals surface area (Å²) in [5, 5.41) is 22.8. The molecular weight excluding hydrogens is 1310 g/mol. The molecule has 10 aromatic carbocycles. The topological polar surface area (TPSA) is 134 Å². The highest BCUT2D eigenvalue weighted by molar-refractivity contribution is 9.21. The predicted molar refractivity (Wildman–Crippen MR) is 396 cm³/mol. The number of aromatic hydroxyl groups is 2. The van der Waals surface area contributed by atoms with Gasteiger partial charge in [0.1, 0.15) is 34.5 Å². The minimum Gasteiger partial charge on any atom is -0.508 e. The van der Waals surface area contributed by atoms with Crippen molar-refractivity contribution in [2.24, 2.45) is 0 Å². The van der Waals surface area contributed by atoms with Crippen LogP contribution >= 0.6 is 97.4 Å². The molecule has 13 rings (SSSR count). The number of hydrogen-bond acceptors (Lipinski definition) is 8. The third-order valence-electron chi connectivity index (χ3n) is 14.7. The molecule has 0 bridgehead atoms. The van der Waals surface area contributed by atoms with Gasteiger partial charge >= 0.3 is 0 Å². The van der Waals surface area contributed by atoms with Gasteiger partial charge in [-0.2, -0.15) is 0 Å². The second-order valence-corrected chi connectivity index (χ2v) is 64.4. The summed E-state index contributed by atoms with van der Waals surface area (Å²) in [5.41, 5.74) is 7.54. The quantitative estimate of drug-likeness (QED) is 0.0913. The van der Waals surface area contributed by atoms with Crippen LogP contribution in [0.2, 0.25) is 0 Å². The van der Waals surface area contributed by atoms with E-state index in [1.807, 2.05) is 88.4 Å². The molecule has 2 heterocycles. The van der Waals surface area contributed by atoms with E-state index in [1.54, 1.807) is 84.9 Å². The van der Waals surface area contributed by atoms with E-state index < -0.39 is 29.0 Å². The van der Waals surface area contributed by atoms with Gasteiger partial charge in [-0.25, -0.2) is 9.80 Å². The molecule has 8 unspecified atom stereocenters. The summed E-state index contributed by atoms with van der Waals surface area (Å²) in [6.07, 6.45) is 0. The fraction of sp³-hybridized carbons (Fsp3) is 0.0769. The molecule has 0 fully saturated rings. The molecule has 440 valence electrons. The number of phenols is 2. The molecule has 10 nitrogen and oxygen atoms in total. The molecule has 0 saturated carbocycles. The number of carbonyl (C=O) groups is 4. The molecule has 1 aliphatic carbocycles. The Morgan fingerprint density at radius 2 is 0.736 bits per heavy atom. The number of rotatable bonds is 12. The molecule has 0 saturated heterocycles. The molecule has 8 atom stereocenters. The number of hydrogen-bond donors (Lipinski definition) is 2. The SMILES string of the molecule is CC.CC.O=C1c2ccc(Oc3ccc(C4(c5ccc(Oc6ccc7c(c6)C(=O)N(c6cccc8cc(O)ccc68)C7=O)cc5)c5ccccc5-c5ccccc54)cc3)cc2C(=O)N1c1cccc2cc(O)ccc12.PP(P)P(P)P(P(P)P)P(P)P. The lowest BCUT2D eigenvalue weighted by molar-refractivity contribution is 0.0910. The van der Waals surface area contributed by atoms with E-state index in [-0.39, 0.29) is 68.7 Å². The van der Waals surface area contributed by atoms with Gasteiger partial charge in [0.2, 0.25) is 0 Å². The molecule has 0 spiro atoms. The Hall–Kier alpha value is -4.64. The van der Waals surface area contributed by atoms with Crippen LogP contribution in [0.5, 0.6) is 34.5 Å². The lowest BCUT2D eigenvalue weighted by Crippen LogP contribution is -2.29. The van der Waals surface area contributed by atoms with Crippen molar-refractivity contribution in [3.8, 4) is 45.6 Å². The van der Waals surface area contributed by atoms with Crippen LogP contribution < -0.4 is 19.3 Å². The van der Waals surface area contributed by atoms with Crippen LogP contribution in [0.3, 0.4) is 0 Å². The van der Waals surface area contributed by atoms with E-state index in [1.165, 1.54) is 21.9 Å². The number of fused-ring (bicyclic) bond motifs is 7. The van der Waals surface area contributed by atoms with Crippen LogP contribution in [0.25, 0.3) is 32.7 Å². The van der Waals surface area contributed by atoms with Crippen molar-refractivity contribution in [1.82, 2.24) is 0 Å². The van der Waals surface area contributed by atoms with E-state index in [0.29, 0.717) is 55.9 Å². The van der Waals surface area contributed by atoms with Crippen LogP contribution in [0.15, 0.2) is 206 Å². The Balaban J connectivity index is 0.000000468. The second kappa shape index (κ2) is 28.3. The molecule has 22 heteroatoms. The van der Waals surface area contributed by atoms with Crippen LogP contribution in [-0.2, 0) is 5.41 Å². The van der Waals surface area contributed by atoms with Crippen LogP contribution in [-0.4, -0.2) is 33.8 Å². The van der Waals surface area contributed by atoms with E-state index in [9.17, 15) is 29.4 Å². The Morgan fingerprint density at radius 1 is 0.368 bits per heavy atom. The Bertz CT molecular complexity index is 4020. The minimum atomic E-state index is -0.751. The van der Waals surface area contributed by atoms with Crippen LogP contribution in [0.1, 0.15) is 91.4 Å². The lowest BCUT2D eigenvalue weighted by Gasteiger charge is -2.34. The first-order valence-electron chi connectivity index (χ1n) is 27.5. The number of ether oxygens (including phenoxy) is 2. The largest absolute Gasteiger partial charge is 0.508 e. The smallest absolute Gasteiger partial charge is 0.266 e. The highest BCUT2D eigenvalue weighted by Gasteiger charge is 2.46. The zero-order chi connectivity index (χ0) is 62.0. The first-order chi connectivity index (χ1) is 42.0. The lowest BCUT2D eigenvalue weighted by atomic mass is 9.68. The number of imide groups is 2. The molecule has 10 aromatic rings. The van der Waals surface area contributed by atoms with Crippen molar-refractivity contribution in [2.45, 2.75) is 33.1 Å². The maximum Gasteiger partial charge on any atom is 0.266 e. The standard InChI is InChI=1S/C61H36N2O8.2C2H6.H14P12/c64-39-19-27-45-35(31-39)7-5-13-55(45)62-57(66)49-29-25-43(33-51(49)59(62)68)70-41-21-15-37(16-22-41)61(53-11-3-1-9-47(53)48-10-2-4-12-54(48)61)38-17-23-42(24-18-38)71-44-26-30-50-52(34-44)60(69)63(58(50)67)56-14-6-8-36-32-40(65)20-28-46(36)56;2*1-2;1-8(2)11(7)12(9(3)4)10(5)6/h1-34,64-65H;2*1-2H3;1-7H2. The van der Waals surface area contributed by atoms with Gasteiger partial charge < -0.3 is 19.7 Å². The fourth-order valence-electron chi connectivity index (χ4n) is 11.2. The molecule has 87 heavy (non-hydrogen) atoms. The van der Waals surface area contributed by atoms with Gasteiger partial charge in [-0.15, -0.1) is 62.5 Å². The first kappa shape index (κ1) is 65.3. The van der Waals surface area contributed by atoms with E-state index in [0.717, 1.165) is 33.4 Å². The summed E-state index contributed by atoms with van der Waals surface area (Å²) < 4.78 is 12.8. The molecule has 0 radical (unpaired) electrons.